The fourth-order valence-corrected chi connectivity index (χ4v) is 3.35. The third-order valence-corrected chi connectivity index (χ3v) is 4.58. The van der Waals surface area contributed by atoms with E-state index in [0.29, 0.717) is 16.8 Å². The van der Waals surface area contributed by atoms with E-state index in [2.05, 4.69) is 0 Å². The normalized spacial score (nSPS) is 13.6. The number of Topliss-reactive ketones (excluding diaryl/α,β-unsaturated/α-hetero) is 1. The molecule has 0 spiro atoms. The number of ketones is 1. The molecule has 3 aromatic carbocycles. The Bertz CT molecular complexity index is 1130. The molecule has 1 amide bonds. The molecule has 3 aromatic rings. The van der Waals surface area contributed by atoms with Gasteiger partial charge in [0.15, 0.2) is 0 Å². The van der Waals surface area contributed by atoms with Gasteiger partial charge in [0.2, 0.25) is 0 Å². The van der Waals surface area contributed by atoms with Gasteiger partial charge in [-0.15, -0.1) is 0 Å². The van der Waals surface area contributed by atoms with Crippen molar-refractivity contribution < 1.29 is 19.5 Å². The lowest BCUT2D eigenvalue weighted by Crippen LogP contribution is -2.29. The van der Waals surface area contributed by atoms with Crippen molar-refractivity contribution in [2.24, 2.45) is 0 Å². The molecule has 0 saturated carbocycles. The zero-order valence-electron chi connectivity index (χ0n) is 14.3. The van der Waals surface area contributed by atoms with Crippen LogP contribution in [0.1, 0.15) is 21.5 Å². The molecule has 0 radical (unpaired) electrons. The molecule has 0 unspecified atom stereocenters. The molecule has 1 N–H and O–H groups in total. The number of anilines is 1. The second kappa shape index (κ2) is 6.53. The summed E-state index contributed by atoms with van der Waals surface area (Å²) in [5.74, 6) is -2.27. The Kier molecular flexibility index (Phi) is 4.05. The van der Waals surface area contributed by atoms with Crippen molar-refractivity contribution in [3.05, 3.63) is 83.4 Å². The average molecular weight is 357 g/mol. The molecule has 1 aliphatic heterocycles. The van der Waals surface area contributed by atoms with E-state index in [0.717, 1.165) is 22.4 Å². The first-order chi connectivity index (χ1) is 13.0. The van der Waals surface area contributed by atoms with Crippen LogP contribution in [0.25, 0.3) is 16.8 Å². The third kappa shape index (κ3) is 3.00. The first kappa shape index (κ1) is 16.7. The first-order valence-electron chi connectivity index (χ1n) is 8.42. The third-order valence-electron chi connectivity index (χ3n) is 4.58. The Morgan fingerprint density at radius 1 is 0.963 bits per heavy atom. The fraction of sp³-hybridized carbons (Fsp3) is 0.0455. The van der Waals surface area contributed by atoms with E-state index < -0.39 is 17.7 Å². The van der Waals surface area contributed by atoms with Gasteiger partial charge >= 0.3 is 5.97 Å². The number of carboxylic acids is 1. The van der Waals surface area contributed by atoms with Crippen molar-refractivity contribution in [1.29, 1.82) is 0 Å². The molecule has 1 aliphatic rings. The highest BCUT2D eigenvalue weighted by Crippen LogP contribution is 2.35. The van der Waals surface area contributed by atoms with Crippen LogP contribution < -0.4 is 4.90 Å². The van der Waals surface area contributed by atoms with Crippen LogP contribution in [0.4, 0.5) is 5.69 Å². The van der Waals surface area contributed by atoms with Crippen LogP contribution in [0.5, 0.6) is 0 Å². The number of carbonyl (C=O) groups is 3. The summed E-state index contributed by atoms with van der Waals surface area (Å²) in [6.45, 7) is 0.236. The summed E-state index contributed by atoms with van der Waals surface area (Å²) in [6, 6.07) is 18.7. The lowest BCUT2D eigenvalue weighted by Gasteiger charge is -2.19. The summed E-state index contributed by atoms with van der Waals surface area (Å²) in [7, 11) is 0. The van der Waals surface area contributed by atoms with E-state index >= 15 is 0 Å². The monoisotopic (exact) mass is 357 g/mol. The molecule has 5 heteroatoms. The quantitative estimate of drug-likeness (QED) is 0.571. The molecule has 0 atom stereocenters. The maximum Gasteiger partial charge on any atom is 0.328 e. The van der Waals surface area contributed by atoms with E-state index in [-0.39, 0.29) is 6.54 Å². The molecule has 1 heterocycles. The Morgan fingerprint density at radius 3 is 2.52 bits per heavy atom. The smallest absolute Gasteiger partial charge is 0.328 e. The summed E-state index contributed by atoms with van der Waals surface area (Å²) in [4.78, 5) is 37.2. The SMILES string of the molecule is O=C(O)C=Cc1cccc2c1N(Cc1ccc3ccccc3c1)C(=O)C2=O. The second-order valence-corrected chi connectivity index (χ2v) is 6.32. The average Bonchev–Trinajstić information content (AvgIpc) is 2.92. The molecular formula is C22H15NO4. The molecule has 0 fully saturated rings. The van der Waals surface area contributed by atoms with Gasteiger partial charge in [-0.25, -0.2) is 4.79 Å². The van der Waals surface area contributed by atoms with E-state index in [1.54, 1.807) is 18.2 Å². The molecule has 0 saturated heterocycles. The van der Waals surface area contributed by atoms with Gasteiger partial charge in [-0.1, -0.05) is 48.5 Å². The van der Waals surface area contributed by atoms with Crippen molar-refractivity contribution in [3.8, 4) is 0 Å². The van der Waals surface area contributed by atoms with Gasteiger partial charge in [-0.2, -0.15) is 0 Å². The lowest BCUT2D eigenvalue weighted by atomic mass is 10.0. The number of aliphatic carboxylic acids is 1. The van der Waals surface area contributed by atoms with Crippen LogP contribution in [-0.2, 0) is 16.1 Å². The Labute approximate surface area is 155 Å². The Balaban J connectivity index is 1.76. The predicted octanol–water partition coefficient (Wildman–Crippen LogP) is 3.67. The van der Waals surface area contributed by atoms with Crippen molar-refractivity contribution in [1.82, 2.24) is 0 Å². The maximum absolute atomic E-state index is 12.6. The number of hydrogen-bond acceptors (Lipinski definition) is 3. The minimum Gasteiger partial charge on any atom is -0.478 e. The zero-order valence-corrected chi connectivity index (χ0v) is 14.3. The number of carbonyl (C=O) groups excluding carboxylic acids is 2. The van der Waals surface area contributed by atoms with Crippen LogP contribution in [-0.4, -0.2) is 22.8 Å². The van der Waals surface area contributed by atoms with Gasteiger partial charge < -0.3 is 5.11 Å². The predicted molar refractivity (Wildman–Crippen MR) is 103 cm³/mol. The van der Waals surface area contributed by atoms with Gasteiger partial charge in [0.25, 0.3) is 11.7 Å². The van der Waals surface area contributed by atoms with E-state index in [9.17, 15) is 14.4 Å². The number of benzene rings is 3. The Hall–Kier alpha value is -3.73. The van der Waals surface area contributed by atoms with Gasteiger partial charge in [-0.05, 0) is 40.1 Å². The topological polar surface area (TPSA) is 74.7 Å². The standard InChI is InChI=1S/C22H15NO4/c24-19(25)11-10-16-6-3-7-18-20(16)23(22(27)21(18)26)13-14-8-9-15-4-1-2-5-17(15)12-14/h1-12H,13H2,(H,24,25). The van der Waals surface area contributed by atoms with Crippen molar-refractivity contribution >= 4 is 40.2 Å². The van der Waals surface area contributed by atoms with Gasteiger partial charge in [0.1, 0.15) is 0 Å². The van der Waals surface area contributed by atoms with Crippen molar-refractivity contribution in [2.75, 3.05) is 4.90 Å². The van der Waals surface area contributed by atoms with Crippen molar-refractivity contribution in [3.63, 3.8) is 0 Å². The number of nitrogens with zero attached hydrogens (tertiary/aromatic N) is 1. The van der Waals surface area contributed by atoms with E-state index in [1.807, 2.05) is 42.5 Å². The van der Waals surface area contributed by atoms with Crippen LogP contribution in [0, 0.1) is 0 Å². The first-order valence-corrected chi connectivity index (χ1v) is 8.42. The maximum atomic E-state index is 12.6. The summed E-state index contributed by atoms with van der Waals surface area (Å²) in [6.07, 6.45) is 2.40. The molecule has 0 aliphatic carbocycles. The molecule has 5 nitrogen and oxygen atoms in total. The summed E-state index contributed by atoms with van der Waals surface area (Å²) < 4.78 is 0. The van der Waals surface area contributed by atoms with Crippen molar-refractivity contribution in [2.45, 2.75) is 6.54 Å². The minimum absolute atomic E-state index is 0.236. The molecule has 4 rings (SSSR count). The molecule has 0 aromatic heterocycles. The van der Waals surface area contributed by atoms with E-state index in [1.165, 1.54) is 11.0 Å². The largest absolute Gasteiger partial charge is 0.478 e. The van der Waals surface area contributed by atoms with Crippen LogP contribution in [0.3, 0.4) is 0 Å². The van der Waals surface area contributed by atoms with Crippen LogP contribution in [0.15, 0.2) is 66.7 Å². The molecular weight excluding hydrogens is 342 g/mol. The minimum atomic E-state index is -1.09. The van der Waals surface area contributed by atoms with Gasteiger partial charge in [-0.3, -0.25) is 14.5 Å². The highest BCUT2D eigenvalue weighted by Gasteiger charge is 2.37. The molecule has 0 bridgehead atoms. The highest BCUT2D eigenvalue weighted by atomic mass is 16.4. The number of fused-ring (bicyclic) bond motifs is 2. The fourth-order valence-electron chi connectivity index (χ4n) is 3.35. The number of carboxylic acid groups (broad SMARTS) is 1. The molecule has 27 heavy (non-hydrogen) atoms. The number of amides is 1. The zero-order chi connectivity index (χ0) is 19.0. The Morgan fingerprint density at radius 2 is 1.74 bits per heavy atom. The van der Waals surface area contributed by atoms with Gasteiger partial charge in [0, 0.05) is 6.08 Å². The number of hydrogen-bond donors (Lipinski definition) is 1. The summed E-state index contributed by atoms with van der Waals surface area (Å²) in [5.41, 5.74) is 2.17. The summed E-state index contributed by atoms with van der Waals surface area (Å²) >= 11 is 0. The summed E-state index contributed by atoms with van der Waals surface area (Å²) in [5, 5.41) is 11.0. The van der Waals surface area contributed by atoms with Crippen LogP contribution in [0.2, 0.25) is 0 Å². The number of rotatable bonds is 4. The van der Waals surface area contributed by atoms with Gasteiger partial charge in [0.05, 0.1) is 17.8 Å². The number of para-hydroxylation sites is 1. The van der Waals surface area contributed by atoms with Crippen LogP contribution >= 0.6 is 0 Å². The highest BCUT2D eigenvalue weighted by molar-refractivity contribution is 6.52. The lowest BCUT2D eigenvalue weighted by molar-refractivity contribution is -0.131. The van der Waals surface area contributed by atoms with E-state index in [4.69, 9.17) is 5.11 Å². The second-order valence-electron chi connectivity index (χ2n) is 6.32. The molecule has 132 valence electrons.